The third-order valence-corrected chi connectivity index (χ3v) is 3.27. The van der Waals surface area contributed by atoms with Crippen molar-refractivity contribution in [1.29, 1.82) is 5.26 Å². The minimum absolute atomic E-state index is 0.130. The molecule has 1 aliphatic rings. The molecule has 0 saturated carbocycles. The van der Waals surface area contributed by atoms with Crippen molar-refractivity contribution in [1.82, 2.24) is 0 Å². The third-order valence-electron chi connectivity index (χ3n) is 3.27. The van der Waals surface area contributed by atoms with E-state index in [0.29, 0.717) is 25.4 Å². The number of hydrogen-bond acceptors (Lipinski definition) is 4. The van der Waals surface area contributed by atoms with Crippen molar-refractivity contribution in [3.63, 3.8) is 0 Å². The zero-order valence-corrected chi connectivity index (χ0v) is 11.5. The molecule has 1 unspecified atom stereocenters. The van der Waals surface area contributed by atoms with Gasteiger partial charge in [-0.05, 0) is 23.8 Å². The molecule has 0 saturated heterocycles. The zero-order valence-electron chi connectivity index (χ0n) is 11.5. The summed E-state index contributed by atoms with van der Waals surface area (Å²) in [6, 6.07) is 17.2. The Morgan fingerprint density at radius 1 is 1.10 bits per heavy atom. The number of rotatable bonds is 4. The van der Waals surface area contributed by atoms with E-state index in [2.05, 4.69) is 6.07 Å². The topological polar surface area (TPSA) is 51.5 Å². The highest BCUT2D eigenvalue weighted by atomic mass is 16.6. The quantitative estimate of drug-likeness (QED) is 0.864. The van der Waals surface area contributed by atoms with Gasteiger partial charge in [-0.15, -0.1) is 0 Å². The van der Waals surface area contributed by atoms with E-state index in [-0.39, 0.29) is 6.10 Å². The van der Waals surface area contributed by atoms with Gasteiger partial charge in [0, 0.05) is 0 Å². The van der Waals surface area contributed by atoms with Gasteiger partial charge < -0.3 is 14.2 Å². The monoisotopic (exact) mass is 281 g/mol. The maximum Gasteiger partial charge on any atom is 0.161 e. The summed E-state index contributed by atoms with van der Waals surface area (Å²) in [7, 11) is 0. The van der Waals surface area contributed by atoms with Gasteiger partial charge in [-0.3, -0.25) is 0 Å². The Bertz CT molecular complexity index is 663. The summed E-state index contributed by atoms with van der Waals surface area (Å²) in [5, 5.41) is 9.03. The van der Waals surface area contributed by atoms with Gasteiger partial charge in [0.25, 0.3) is 0 Å². The Morgan fingerprint density at radius 2 is 1.86 bits per heavy atom. The van der Waals surface area contributed by atoms with Crippen molar-refractivity contribution >= 4 is 0 Å². The van der Waals surface area contributed by atoms with E-state index in [4.69, 9.17) is 19.5 Å². The maximum absolute atomic E-state index is 9.03. The zero-order chi connectivity index (χ0) is 14.5. The molecule has 0 aliphatic carbocycles. The first kappa shape index (κ1) is 13.5. The lowest BCUT2D eigenvalue weighted by molar-refractivity contribution is 0.00267. The molecule has 4 nitrogen and oxygen atoms in total. The molecule has 0 bridgehead atoms. The largest absolute Gasteiger partial charge is 0.486 e. The molecule has 1 atom stereocenters. The summed E-state index contributed by atoms with van der Waals surface area (Å²) in [5.41, 5.74) is 1.53. The van der Waals surface area contributed by atoms with Crippen LogP contribution in [0.3, 0.4) is 0 Å². The van der Waals surface area contributed by atoms with Crippen molar-refractivity contribution in [2.45, 2.75) is 12.7 Å². The van der Waals surface area contributed by atoms with Gasteiger partial charge in [-0.1, -0.05) is 30.3 Å². The Hall–Kier alpha value is -2.51. The summed E-state index contributed by atoms with van der Waals surface area (Å²) in [6.07, 6.45) is -0.130. The molecule has 106 valence electrons. The van der Waals surface area contributed by atoms with E-state index in [1.807, 2.05) is 42.5 Å². The molecule has 0 amide bonds. The highest BCUT2D eigenvalue weighted by Crippen LogP contribution is 2.30. The minimum Gasteiger partial charge on any atom is -0.486 e. The number of fused-ring (bicyclic) bond motifs is 1. The Balaban J connectivity index is 1.54. The fourth-order valence-electron chi connectivity index (χ4n) is 2.20. The first-order valence-electron chi connectivity index (χ1n) is 6.81. The van der Waals surface area contributed by atoms with E-state index in [1.165, 1.54) is 0 Å². The smallest absolute Gasteiger partial charge is 0.161 e. The van der Waals surface area contributed by atoms with Gasteiger partial charge in [0.15, 0.2) is 17.6 Å². The number of benzene rings is 2. The van der Waals surface area contributed by atoms with Crippen LogP contribution >= 0.6 is 0 Å². The van der Waals surface area contributed by atoms with Crippen molar-refractivity contribution in [3.8, 4) is 17.6 Å². The minimum atomic E-state index is -0.130. The van der Waals surface area contributed by atoms with Crippen molar-refractivity contribution in [3.05, 3.63) is 59.7 Å². The number of para-hydroxylation sites is 2. The molecule has 0 radical (unpaired) electrons. The SMILES string of the molecule is N#Cc1ccccc1COCC1COc2ccccc2O1. The molecule has 3 rings (SSSR count). The van der Waals surface area contributed by atoms with Crippen LogP contribution in [0.5, 0.6) is 11.5 Å². The number of hydrogen-bond donors (Lipinski definition) is 0. The molecule has 1 heterocycles. The van der Waals surface area contributed by atoms with Crippen molar-refractivity contribution in [2.75, 3.05) is 13.2 Å². The average molecular weight is 281 g/mol. The summed E-state index contributed by atoms with van der Waals surface area (Å²) >= 11 is 0. The molecule has 1 aliphatic heterocycles. The molecule has 2 aromatic rings. The Labute approximate surface area is 123 Å². The average Bonchev–Trinajstić information content (AvgIpc) is 2.55. The second-order valence-electron chi connectivity index (χ2n) is 4.78. The van der Waals surface area contributed by atoms with E-state index in [1.54, 1.807) is 6.07 Å². The van der Waals surface area contributed by atoms with E-state index < -0.39 is 0 Å². The maximum atomic E-state index is 9.03. The standard InChI is InChI=1S/C17H15NO3/c18-9-13-5-1-2-6-14(13)10-19-11-15-12-20-16-7-3-4-8-17(16)21-15/h1-8,15H,10-12H2. The molecule has 0 fully saturated rings. The lowest BCUT2D eigenvalue weighted by atomic mass is 10.1. The second kappa shape index (κ2) is 6.29. The molecule has 0 aromatic heterocycles. The van der Waals surface area contributed by atoms with Crippen LogP contribution in [0, 0.1) is 11.3 Å². The lowest BCUT2D eigenvalue weighted by Crippen LogP contribution is -2.33. The van der Waals surface area contributed by atoms with Crippen LogP contribution in [0.1, 0.15) is 11.1 Å². The summed E-state index contributed by atoms with van der Waals surface area (Å²) in [4.78, 5) is 0. The van der Waals surface area contributed by atoms with Crippen molar-refractivity contribution in [2.24, 2.45) is 0 Å². The van der Waals surface area contributed by atoms with E-state index >= 15 is 0 Å². The van der Waals surface area contributed by atoms with Crippen LogP contribution in [0.2, 0.25) is 0 Å². The Kier molecular flexibility index (Phi) is 4.04. The van der Waals surface area contributed by atoms with E-state index in [9.17, 15) is 0 Å². The fourth-order valence-corrected chi connectivity index (χ4v) is 2.20. The van der Waals surface area contributed by atoms with Crippen LogP contribution in [0.15, 0.2) is 48.5 Å². The summed E-state index contributed by atoms with van der Waals surface area (Å²) in [6.45, 7) is 1.29. The summed E-state index contributed by atoms with van der Waals surface area (Å²) in [5.74, 6) is 1.51. The van der Waals surface area contributed by atoms with Crippen LogP contribution < -0.4 is 9.47 Å². The molecule has 2 aromatic carbocycles. The summed E-state index contributed by atoms with van der Waals surface area (Å²) < 4.78 is 17.1. The predicted octanol–water partition coefficient (Wildman–Crippen LogP) is 2.91. The Morgan fingerprint density at radius 3 is 2.71 bits per heavy atom. The number of nitriles is 1. The molecule has 0 N–H and O–H groups in total. The molecular weight excluding hydrogens is 266 g/mol. The number of ether oxygens (including phenoxy) is 3. The lowest BCUT2D eigenvalue weighted by Gasteiger charge is -2.26. The molecule has 21 heavy (non-hydrogen) atoms. The van der Waals surface area contributed by atoms with Crippen LogP contribution in [0.25, 0.3) is 0 Å². The fraction of sp³-hybridized carbons (Fsp3) is 0.235. The van der Waals surface area contributed by atoms with Crippen LogP contribution in [-0.4, -0.2) is 19.3 Å². The van der Waals surface area contributed by atoms with Gasteiger partial charge in [0.1, 0.15) is 6.61 Å². The van der Waals surface area contributed by atoms with Crippen LogP contribution in [0.4, 0.5) is 0 Å². The first-order valence-corrected chi connectivity index (χ1v) is 6.81. The van der Waals surface area contributed by atoms with Gasteiger partial charge in [0.05, 0.1) is 24.8 Å². The van der Waals surface area contributed by atoms with Gasteiger partial charge in [0.2, 0.25) is 0 Å². The van der Waals surface area contributed by atoms with Crippen molar-refractivity contribution < 1.29 is 14.2 Å². The third kappa shape index (κ3) is 3.15. The van der Waals surface area contributed by atoms with Gasteiger partial charge >= 0.3 is 0 Å². The van der Waals surface area contributed by atoms with Crippen LogP contribution in [-0.2, 0) is 11.3 Å². The van der Waals surface area contributed by atoms with Gasteiger partial charge in [-0.25, -0.2) is 0 Å². The molecular formula is C17H15NO3. The number of nitrogens with zero attached hydrogens (tertiary/aromatic N) is 1. The van der Waals surface area contributed by atoms with Gasteiger partial charge in [-0.2, -0.15) is 5.26 Å². The second-order valence-corrected chi connectivity index (χ2v) is 4.78. The highest BCUT2D eigenvalue weighted by molar-refractivity contribution is 5.40. The molecule has 4 heteroatoms. The molecule has 0 spiro atoms. The first-order chi connectivity index (χ1) is 10.4. The normalized spacial score (nSPS) is 16.2. The highest BCUT2D eigenvalue weighted by Gasteiger charge is 2.20. The van der Waals surface area contributed by atoms with E-state index in [0.717, 1.165) is 17.1 Å². The predicted molar refractivity (Wildman–Crippen MR) is 77.2 cm³/mol.